The van der Waals surface area contributed by atoms with E-state index in [1.54, 1.807) is 0 Å². The Kier molecular flexibility index (Phi) is 6.64. The van der Waals surface area contributed by atoms with Gasteiger partial charge in [0.1, 0.15) is 12.4 Å². The number of carbonyl (C=O) groups excluding carboxylic acids is 1. The van der Waals surface area contributed by atoms with Crippen LogP contribution in [0.4, 0.5) is 0 Å². The van der Waals surface area contributed by atoms with Gasteiger partial charge < -0.3 is 15.4 Å². The van der Waals surface area contributed by atoms with Crippen molar-refractivity contribution in [2.75, 3.05) is 13.1 Å². The Bertz CT molecular complexity index is 646. The molecule has 1 saturated heterocycles. The first-order valence-corrected chi connectivity index (χ1v) is 8.06. The Labute approximate surface area is 149 Å². The molecule has 0 radical (unpaired) electrons. The Morgan fingerprint density at radius 3 is 2.50 bits per heavy atom. The molecule has 128 valence electrons. The van der Waals surface area contributed by atoms with E-state index in [4.69, 9.17) is 10.5 Å². The maximum Gasteiger partial charge on any atom is 0.254 e. The van der Waals surface area contributed by atoms with Gasteiger partial charge >= 0.3 is 0 Å². The zero-order valence-corrected chi connectivity index (χ0v) is 14.4. The number of amides is 1. The minimum Gasteiger partial charge on any atom is -0.489 e. The Morgan fingerprint density at radius 2 is 1.83 bits per heavy atom. The van der Waals surface area contributed by atoms with E-state index in [-0.39, 0.29) is 24.4 Å². The van der Waals surface area contributed by atoms with Crippen LogP contribution in [0, 0.1) is 0 Å². The SMILES string of the molecule is Cl.NCC1CCCN1C(=O)c1ccc(COc2ccccc2)cc1. The molecule has 1 aliphatic heterocycles. The van der Waals surface area contributed by atoms with Crippen molar-refractivity contribution >= 4 is 18.3 Å². The predicted octanol–water partition coefficient (Wildman–Crippen LogP) is 3.25. The Morgan fingerprint density at radius 1 is 1.12 bits per heavy atom. The lowest BCUT2D eigenvalue weighted by Gasteiger charge is -2.23. The van der Waals surface area contributed by atoms with E-state index in [1.165, 1.54) is 0 Å². The van der Waals surface area contributed by atoms with Crippen LogP contribution in [0.3, 0.4) is 0 Å². The average molecular weight is 347 g/mol. The maximum atomic E-state index is 12.5. The lowest BCUT2D eigenvalue weighted by molar-refractivity contribution is 0.0741. The molecule has 1 fully saturated rings. The molecule has 2 N–H and O–H groups in total. The molecule has 5 heteroatoms. The minimum atomic E-state index is 0. The van der Waals surface area contributed by atoms with E-state index in [0.29, 0.717) is 18.7 Å². The zero-order valence-electron chi connectivity index (χ0n) is 13.6. The predicted molar refractivity (Wildman–Crippen MR) is 97.6 cm³/mol. The molecule has 1 atom stereocenters. The van der Waals surface area contributed by atoms with Crippen molar-refractivity contribution in [1.82, 2.24) is 4.90 Å². The summed E-state index contributed by atoms with van der Waals surface area (Å²) in [5.74, 6) is 0.920. The summed E-state index contributed by atoms with van der Waals surface area (Å²) in [6, 6.07) is 17.5. The number of hydrogen-bond acceptors (Lipinski definition) is 3. The van der Waals surface area contributed by atoms with Crippen LogP contribution in [-0.4, -0.2) is 29.9 Å². The van der Waals surface area contributed by atoms with Gasteiger partial charge in [0.15, 0.2) is 0 Å². The Hall–Kier alpha value is -2.04. The molecule has 0 aliphatic carbocycles. The van der Waals surface area contributed by atoms with Crippen LogP contribution in [0.5, 0.6) is 5.75 Å². The zero-order chi connectivity index (χ0) is 16.1. The molecule has 2 aromatic carbocycles. The van der Waals surface area contributed by atoms with Crippen LogP contribution < -0.4 is 10.5 Å². The molecule has 1 aliphatic rings. The fourth-order valence-electron chi connectivity index (χ4n) is 2.94. The maximum absolute atomic E-state index is 12.5. The van der Waals surface area contributed by atoms with E-state index in [2.05, 4.69) is 0 Å². The summed E-state index contributed by atoms with van der Waals surface area (Å²) in [7, 11) is 0. The second-order valence-corrected chi connectivity index (χ2v) is 5.83. The smallest absolute Gasteiger partial charge is 0.254 e. The van der Waals surface area contributed by atoms with Crippen molar-refractivity contribution in [1.29, 1.82) is 0 Å². The number of carbonyl (C=O) groups is 1. The fraction of sp³-hybridized carbons (Fsp3) is 0.316. The van der Waals surface area contributed by atoms with Crippen LogP contribution >= 0.6 is 12.4 Å². The summed E-state index contributed by atoms with van der Waals surface area (Å²) < 4.78 is 5.71. The topological polar surface area (TPSA) is 55.6 Å². The molecule has 0 saturated carbocycles. The van der Waals surface area contributed by atoms with Crippen molar-refractivity contribution in [3.8, 4) is 5.75 Å². The van der Waals surface area contributed by atoms with Crippen LogP contribution in [0.2, 0.25) is 0 Å². The number of rotatable bonds is 5. The van der Waals surface area contributed by atoms with Gasteiger partial charge in [-0.2, -0.15) is 0 Å². The van der Waals surface area contributed by atoms with Crippen LogP contribution in [0.25, 0.3) is 0 Å². The highest BCUT2D eigenvalue weighted by molar-refractivity contribution is 5.94. The summed E-state index contributed by atoms with van der Waals surface area (Å²) in [5.41, 5.74) is 7.51. The lowest BCUT2D eigenvalue weighted by atomic mass is 10.1. The van der Waals surface area contributed by atoms with Crippen LogP contribution in [0.1, 0.15) is 28.8 Å². The van der Waals surface area contributed by atoms with Gasteiger partial charge in [0.05, 0.1) is 0 Å². The summed E-state index contributed by atoms with van der Waals surface area (Å²) in [6.07, 6.45) is 2.04. The first-order valence-electron chi connectivity index (χ1n) is 8.06. The van der Waals surface area contributed by atoms with Gasteiger partial charge in [-0.15, -0.1) is 12.4 Å². The standard InChI is InChI=1S/C19H22N2O2.ClH/c20-13-17-5-4-12-21(17)19(22)16-10-8-15(9-11-16)14-23-18-6-2-1-3-7-18;/h1-3,6-11,17H,4-5,12-14,20H2;1H. The van der Waals surface area contributed by atoms with Crippen LogP contribution in [-0.2, 0) is 6.61 Å². The molecular formula is C19H23ClN2O2. The number of ether oxygens (including phenoxy) is 1. The molecule has 1 unspecified atom stereocenters. The molecule has 0 bridgehead atoms. The fourth-order valence-corrected chi connectivity index (χ4v) is 2.94. The minimum absolute atomic E-state index is 0. The van der Waals surface area contributed by atoms with E-state index < -0.39 is 0 Å². The highest BCUT2D eigenvalue weighted by atomic mass is 35.5. The van der Waals surface area contributed by atoms with E-state index >= 15 is 0 Å². The van der Waals surface area contributed by atoms with Crippen LogP contribution in [0.15, 0.2) is 54.6 Å². The third-order valence-electron chi connectivity index (χ3n) is 4.26. The molecule has 1 amide bonds. The third-order valence-corrected chi connectivity index (χ3v) is 4.26. The molecule has 2 aromatic rings. The van der Waals surface area contributed by atoms with E-state index in [9.17, 15) is 4.79 Å². The monoisotopic (exact) mass is 346 g/mol. The number of nitrogens with two attached hydrogens (primary N) is 1. The lowest BCUT2D eigenvalue weighted by Crippen LogP contribution is -2.39. The van der Waals surface area contributed by atoms with Crippen molar-refractivity contribution in [3.63, 3.8) is 0 Å². The van der Waals surface area contributed by atoms with Gasteiger partial charge in [0.25, 0.3) is 5.91 Å². The highest BCUT2D eigenvalue weighted by Crippen LogP contribution is 2.20. The van der Waals surface area contributed by atoms with Crippen molar-refractivity contribution in [3.05, 3.63) is 65.7 Å². The molecule has 1 heterocycles. The summed E-state index contributed by atoms with van der Waals surface area (Å²) in [4.78, 5) is 14.4. The Balaban J connectivity index is 0.00000208. The normalized spacial score (nSPS) is 16.5. The van der Waals surface area contributed by atoms with Crippen molar-refractivity contribution in [2.45, 2.75) is 25.5 Å². The molecule has 0 aromatic heterocycles. The van der Waals surface area contributed by atoms with Gasteiger partial charge in [-0.1, -0.05) is 30.3 Å². The summed E-state index contributed by atoms with van der Waals surface area (Å²) in [5, 5.41) is 0. The number of likely N-dealkylation sites (tertiary alicyclic amines) is 1. The number of halogens is 1. The first kappa shape index (κ1) is 18.3. The van der Waals surface area contributed by atoms with E-state index in [0.717, 1.165) is 30.7 Å². The largest absolute Gasteiger partial charge is 0.489 e. The second kappa shape index (κ2) is 8.71. The highest BCUT2D eigenvalue weighted by Gasteiger charge is 2.28. The van der Waals surface area contributed by atoms with Gasteiger partial charge in [-0.3, -0.25) is 4.79 Å². The third kappa shape index (κ3) is 4.28. The van der Waals surface area contributed by atoms with Crippen molar-refractivity contribution in [2.24, 2.45) is 5.73 Å². The number of nitrogens with zero attached hydrogens (tertiary/aromatic N) is 1. The molecule has 0 spiro atoms. The van der Waals surface area contributed by atoms with Gasteiger partial charge in [-0.05, 0) is 42.7 Å². The quantitative estimate of drug-likeness (QED) is 0.904. The number of hydrogen-bond donors (Lipinski definition) is 1. The van der Waals surface area contributed by atoms with Gasteiger partial charge in [-0.25, -0.2) is 0 Å². The first-order chi connectivity index (χ1) is 11.3. The van der Waals surface area contributed by atoms with Crippen molar-refractivity contribution < 1.29 is 9.53 Å². The van der Waals surface area contributed by atoms with Gasteiger partial charge in [0, 0.05) is 24.7 Å². The number of para-hydroxylation sites is 1. The molecular weight excluding hydrogens is 324 g/mol. The molecule has 3 rings (SSSR count). The summed E-state index contributed by atoms with van der Waals surface area (Å²) >= 11 is 0. The summed E-state index contributed by atoms with van der Waals surface area (Å²) in [6.45, 7) is 1.84. The average Bonchev–Trinajstić information content (AvgIpc) is 3.09. The molecule has 4 nitrogen and oxygen atoms in total. The molecule has 24 heavy (non-hydrogen) atoms. The van der Waals surface area contributed by atoms with Gasteiger partial charge in [0.2, 0.25) is 0 Å². The second-order valence-electron chi connectivity index (χ2n) is 5.83. The van der Waals surface area contributed by atoms with E-state index in [1.807, 2.05) is 59.5 Å². The number of benzene rings is 2.